The number of fused-ring (bicyclic) bond motifs is 1. The average molecular weight is 260 g/mol. The van der Waals surface area contributed by atoms with Crippen molar-refractivity contribution in [1.29, 1.82) is 0 Å². The second kappa shape index (κ2) is 4.66. The highest BCUT2D eigenvalue weighted by atomic mass is 16.6. The van der Waals surface area contributed by atoms with Crippen molar-refractivity contribution in [3.05, 3.63) is 39.4 Å². The molecule has 5 nitrogen and oxygen atoms in total. The quantitative estimate of drug-likeness (QED) is 0.604. The molecular weight excluding hydrogens is 244 g/mol. The molecule has 1 aromatic rings. The van der Waals surface area contributed by atoms with Gasteiger partial charge in [0, 0.05) is 31.1 Å². The summed E-state index contributed by atoms with van der Waals surface area (Å²) < 4.78 is 5.46. The number of nitrogens with zero attached hydrogens (tertiary/aromatic N) is 2. The average Bonchev–Trinajstić information content (AvgIpc) is 2.87. The SMILES string of the molecule is CN1CC=C(c2ccc([N+](=O)[O-])c3c2CCO3)CC1. The van der Waals surface area contributed by atoms with Crippen LogP contribution in [-0.2, 0) is 6.42 Å². The molecule has 19 heavy (non-hydrogen) atoms. The minimum Gasteiger partial charge on any atom is -0.486 e. The molecule has 2 heterocycles. The van der Waals surface area contributed by atoms with Crippen molar-refractivity contribution in [2.24, 2.45) is 0 Å². The molecule has 0 aliphatic carbocycles. The van der Waals surface area contributed by atoms with E-state index >= 15 is 0 Å². The largest absolute Gasteiger partial charge is 0.486 e. The van der Waals surface area contributed by atoms with Gasteiger partial charge >= 0.3 is 5.69 Å². The second-order valence-corrected chi connectivity index (χ2v) is 5.04. The van der Waals surface area contributed by atoms with Crippen molar-refractivity contribution in [3.63, 3.8) is 0 Å². The van der Waals surface area contributed by atoms with Crippen molar-refractivity contribution < 1.29 is 9.66 Å². The number of hydrogen-bond acceptors (Lipinski definition) is 4. The maximum absolute atomic E-state index is 11.0. The molecule has 0 fully saturated rings. The molecule has 100 valence electrons. The summed E-state index contributed by atoms with van der Waals surface area (Å²) in [5, 5.41) is 11.0. The highest BCUT2D eigenvalue weighted by Crippen LogP contribution is 2.40. The van der Waals surface area contributed by atoms with Crippen LogP contribution in [-0.4, -0.2) is 36.6 Å². The minimum atomic E-state index is -0.364. The van der Waals surface area contributed by atoms with Crippen LogP contribution in [0, 0.1) is 10.1 Å². The number of hydrogen-bond donors (Lipinski definition) is 0. The number of likely N-dealkylation sites (N-methyl/N-ethyl adjacent to an activating group) is 1. The van der Waals surface area contributed by atoms with Gasteiger partial charge in [0.2, 0.25) is 5.75 Å². The smallest absolute Gasteiger partial charge is 0.311 e. The Morgan fingerprint density at radius 2 is 2.21 bits per heavy atom. The summed E-state index contributed by atoms with van der Waals surface area (Å²) in [5.74, 6) is 0.474. The molecule has 0 unspecified atom stereocenters. The number of rotatable bonds is 2. The molecule has 0 spiro atoms. The van der Waals surface area contributed by atoms with E-state index < -0.39 is 0 Å². The molecule has 0 atom stereocenters. The molecule has 0 bridgehead atoms. The Hall–Kier alpha value is -1.88. The van der Waals surface area contributed by atoms with Crippen LogP contribution >= 0.6 is 0 Å². The van der Waals surface area contributed by atoms with Crippen LogP contribution in [0.25, 0.3) is 5.57 Å². The van der Waals surface area contributed by atoms with E-state index in [1.807, 2.05) is 6.07 Å². The van der Waals surface area contributed by atoms with E-state index in [1.165, 1.54) is 5.57 Å². The zero-order valence-corrected chi connectivity index (χ0v) is 10.9. The Kier molecular flexibility index (Phi) is 2.98. The third kappa shape index (κ3) is 2.10. The lowest BCUT2D eigenvalue weighted by Crippen LogP contribution is -2.23. The van der Waals surface area contributed by atoms with E-state index in [2.05, 4.69) is 18.0 Å². The highest BCUT2D eigenvalue weighted by molar-refractivity contribution is 5.74. The highest BCUT2D eigenvalue weighted by Gasteiger charge is 2.27. The Balaban J connectivity index is 2.05. The van der Waals surface area contributed by atoms with Crippen molar-refractivity contribution in [2.45, 2.75) is 12.8 Å². The summed E-state index contributed by atoms with van der Waals surface area (Å²) >= 11 is 0. The first kappa shape index (κ1) is 12.2. The summed E-state index contributed by atoms with van der Waals surface area (Å²) in [4.78, 5) is 12.9. The van der Waals surface area contributed by atoms with Crippen LogP contribution in [0.3, 0.4) is 0 Å². The van der Waals surface area contributed by atoms with Gasteiger partial charge in [0.15, 0.2) is 0 Å². The van der Waals surface area contributed by atoms with E-state index in [9.17, 15) is 10.1 Å². The summed E-state index contributed by atoms with van der Waals surface area (Å²) in [7, 11) is 2.09. The molecule has 1 aromatic carbocycles. The molecule has 5 heteroatoms. The van der Waals surface area contributed by atoms with Crippen molar-refractivity contribution in [1.82, 2.24) is 4.90 Å². The Morgan fingerprint density at radius 1 is 1.37 bits per heavy atom. The lowest BCUT2D eigenvalue weighted by Gasteiger charge is -2.23. The van der Waals surface area contributed by atoms with E-state index in [0.29, 0.717) is 12.4 Å². The monoisotopic (exact) mass is 260 g/mol. The molecule has 0 saturated carbocycles. The van der Waals surface area contributed by atoms with Crippen LogP contribution in [0.2, 0.25) is 0 Å². The van der Waals surface area contributed by atoms with Gasteiger partial charge in [-0.3, -0.25) is 10.1 Å². The van der Waals surface area contributed by atoms with Crippen LogP contribution in [0.15, 0.2) is 18.2 Å². The lowest BCUT2D eigenvalue weighted by atomic mass is 9.93. The van der Waals surface area contributed by atoms with Crippen molar-refractivity contribution >= 4 is 11.3 Å². The number of ether oxygens (including phenoxy) is 1. The maximum Gasteiger partial charge on any atom is 0.311 e. The molecule has 2 aliphatic rings. The predicted molar refractivity (Wildman–Crippen MR) is 72.4 cm³/mol. The minimum absolute atomic E-state index is 0.0878. The van der Waals surface area contributed by atoms with Crippen molar-refractivity contribution in [3.8, 4) is 5.75 Å². The molecule has 0 aromatic heterocycles. The van der Waals surface area contributed by atoms with Gasteiger partial charge in [-0.25, -0.2) is 0 Å². The van der Waals surface area contributed by atoms with Crippen molar-refractivity contribution in [2.75, 3.05) is 26.7 Å². The first-order chi connectivity index (χ1) is 9.16. The Labute approximate surface area is 111 Å². The number of nitro benzene ring substituents is 1. The van der Waals surface area contributed by atoms with Gasteiger partial charge in [0.05, 0.1) is 11.5 Å². The lowest BCUT2D eigenvalue weighted by molar-refractivity contribution is -0.385. The van der Waals surface area contributed by atoms with Gasteiger partial charge in [-0.1, -0.05) is 6.08 Å². The van der Waals surface area contributed by atoms with Crippen LogP contribution in [0.5, 0.6) is 5.75 Å². The predicted octanol–water partition coefficient (Wildman–Crippen LogP) is 2.25. The van der Waals surface area contributed by atoms with Gasteiger partial charge in [-0.05, 0) is 30.7 Å². The fourth-order valence-electron chi connectivity index (χ4n) is 2.74. The van der Waals surface area contributed by atoms with Gasteiger partial charge in [0.1, 0.15) is 0 Å². The fraction of sp³-hybridized carbons (Fsp3) is 0.429. The van der Waals surface area contributed by atoms with Gasteiger partial charge in [0.25, 0.3) is 0 Å². The molecule has 0 N–H and O–H groups in total. The van der Waals surface area contributed by atoms with Crippen LogP contribution < -0.4 is 4.74 Å². The molecular formula is C14H16N2O3. The van der Waals surface area contributed by atoms with Gasteiger partial charge in [-0.2, -0.15) is 0 Å². The standard InChI is InChI=1S/C14H16N2O3/c1-15-7-4-10(5-8-15)11-2-3-13(16(17)18)14-12(11)6-9-19-14/h2-4H,5-9H2,1H3. The number of nitro groups is 1. The molecule has 2 aliphatic heterocycles. The molecule has 0 saturated heterocycles. The summed E-state index contributed by atoms with van der Waals surface area (Å²) in [6.45, 7) is 2.50. The second-order valence-electron chi connectivity index (χ2n) is 5.04. The van der Waals surface area contributed by atoms with Crippen LogP contribution in [0.4, 0.5) is 5.69 Å². The Morgan fingerprint density at radius 3 is 2.89 bits per heavy atom. The summed E-state index contributed by atoms with van der Waals surface area (Å²) in [5.41, 5.74) is 3.51. The van der Waals surface area contributed by atoms with E-state index in [0.717, 1.165) is 37.1 Å². The number of benzene rings is 1. The molecule has 0 amide bonds. The van der Waals surface area contributed by atoms with E-state index in [-0.39, 0.29) is 10.6 Å². The van der Waals surface area contributed by atoms with E-state index in [4.69, 9.17) is 4.74 Å². The van der Waals surface area contributed by atoms with Gasteiger partial charge < -0.3 is 9.64 Å². The summed E-state index contributed by atoms with van der Waals surface area (Å²) in [6, 6.07) is 3.45. The normalized spacial score (nSPS) is 18.7. The third-order valence-electron chi connectivity index (χ3n) is 3.79. The topological polar surface area (TPSA) is 55.6 Å². The van der Waals surface area contributed by atoms with E-state index in [1.54, 1.807) is 6.07 Å². The molecule has 3 rings (SSSR count). The fourth-order valence-corrected chi connectivity index (χ4v) is 2.74. The summed E-state index contributed by atoms with van der Waals surface area (Å²) in [6.07, 6.45) is 3.96. The van der Waals surface area contributed by atoms with Crippen LogP contribution in [0.1, 0.15) is 17.5 Å². The Bertz CT molecular complexity index is 566. The third-order valence-corrected chi connectivity index (χ3v) is 3.79. The first-order valence-electron chi connectivity index (χ1n) is 6.48. The zero-order valence-electron chi connectivity index (χ0n) is 10.9. The first-order valence-corrected chi connectivity index (χ1v) is 6.48. The van der Waals surface area contributed by atoms with Gasteiger partial charge in [-0.15, -0.1) is 0 Å². The molecule has 0 radical (unpaired) electrons. The zero-order chi connectivity index (χ0) is 13.4. The maximum atomic E-state index is 11.0.